The van der Waals surface area contributed by atoms with E-state index in [0.29, 0.717) is 6.10 Å². The van der Waals surface area contributed by atoms with Crippen molar-refractivity contribution in [3.8, 4) is 5.75 Å². The standard InChI is InChI=1S/C12H20OS/c1-3-5-6-7-11(4-2)13-12-8-9-14-10-12/h8-11H,3-7H2,1-2H3. The Morgan fingerprint density at radius 1 is 1.36 bits per heavy atom. The Balaban J connectivity index is 2.24. The lowest BCUT2D eigenvalue weighted by Crippen LogP contribution is -2.14. The first kappa shape index (κ1) is 11.6. The first-order valence-electron chi connectivity index (χ1n) is 5.55. The van der Waals surface area contributed by atoms with E-state index in [0.717, 1.165) is 12.2 Å². The molecule has 1 heterocycles. The summed E-state index contributed by atoms with van der Waals surface area (Å²) in [5.74, 6) is 1.04. The predicted octanol–water partition coefficient (Wildman–Crippen LogP) is 4.49. The number of hydrogen-bond acceptors (Lipinski definition) is 2. The van der Waals surface area contributed by atoms with Crippen molar-refractivity contribution in [1.29, 1.82) is 0 Å². The van der Waals surface area contributed by atoms with Gasteiger partial charge in [0.05, 0.1) is 6.10 Å². The van der Waals surface area contributed by atoms with Crippen molar-refractivity contribution < 1.29 is 4.74 Å². The van der Waals surface area contributed by atoms with E-state index in [1.807, 2.05) is 6.07 Å². The van der Waals surface area contributed by atoms with Crippen LogP contribution in [0.2, 0.25) is 0 Å². The van der Waals surface area contributed by atoms with Crippen molar-refractivity contribution >= 4 is 11.3 Å². The third kappa shape index (κ3) is 4.14. The van der Waals surface area contributed by atoms with E-state index in [-0.39, 0.29) is 0 Å². The van der Waals surface area contributed by atoms with E-state index in [4.69, 9.17) is 4.74 Å². The van der Waals surface area contributed by atoms with Crippen LogP contribution in [0.15, 0.2) is 16.8 Å². The molecule has 1 atom stereocenters. The van der Waals surface area contributed by atoms with Crippen LogP contribution in [0.5, 0.6) is 5.75 Å². The quantitative estimate of drug-likeness (QED) is 0.605. The summed E-state index contributed by atoms with van der Waals surface area (Å²) in [7, 11) is 0. The molecule has 0 N–H and O–H groups in total. The number of rotatable bonds is 7. The smallest absolute Gasteiger partial charge is 0.130 e. The molecule has 0 aliphatic rings. The largest absolute Gasteiger partial charge is 0.490 e. The van der Waals surface area contributed by atoms with Crippen LogP contribution in [0.4, 0.5) is 0 Å². The number of unbranched alkanes of at least 4 members (excludes halogenated alkanes) is 2. The third-order valence-electron chi connectivity index (χ3n) is 2.38. The minimum absolute atomic E-state index is 0.413. The molecule has 1 unspecified atom stereocenters. The Bertz CT molecular complexity index is 218. The Labute approximate surface area is 91.1 Å². The van der Waals surface area contributed by atoms with Crippen molar-refractivity contribution in [3.63, 3.8) is 0 Å². The zero-order valence-electron chi connectivity index (χ0n) is 9.16. The van der Waals surface area contributed by atoms with Crippen LogP contribution in [0.1, 0.15) is 46.0 Å². The van der Waals surface area contributed by atoms with Gasteiger partial charge in [0, 0.05) is 5.38 Å². The fraction of sp³-hybridized carbons (Fsp3) is 0.667. The number of thiophene rings is 1. The van der Waals surface area contributed by atoms with Crippen LogP contribution >= 0.6 is 11.3 Å². The van der Waals surface area contributed by atoms with Gasteiger partial charge in [-0.3, -0.25) is 0 Å². The average molecular weight is 212 g/mol. The molecule has 0 spiro atoms. The van der Waals surface area contributed by atoms with Gasteiger partial charge in [0.15, 0.2) is 0 Å². The molecule has 1 nitrogen and oxygen atoms in total. The first-order chi connectivity index (χ1) is 6.86. The lowest BCUT2D eigenvalue weighted by Gasteiger charge is -2.16. The molecule has 0 saturated carbocycles. The van der Waals surface area contributed by atoms with E-state index >= 15 is 0 Å². The minimum atomic E-state index is 0.413. The number of ether oxygens (including phenoxy) is 1. The molecule has 0 aliphatic carbocycles. The Hall–Kier alpha value is -0.500. The average Bonchev–Trinajstić information content (AvgIpc) is 2.69. The van der Waals surface area contributed by atoms with Crippen molar-refractivity contribution in [1.82, 2.24) is 0 Å². The molecule has 0 fully saturated rings. The fourth-order valence-corrected chi connectivity index (χ4v) is 2.04. The second-order valence-electron chi connectivity index (χ2n) is 3.60. The van der Waals surface area contributed by atoms with E-state index in [1.54, 1.807) is 11.3 Å². The lowest BCUT2D eigenvalue weighted by molar-refractivity contribution is 0.183. The molecule has 0 aromatic carbocycles. The van der Waals surface area contributed by atoms with E-state index in [1.165, 1.54) is 25.7 Å². The summed E-state index contributed by atoms with van der Waals surface area (Å²) in [6.07, 6.45) is 6.62. The molecule has 0 radical (unpaired) electrons. The van der Waals surface area contributed by atoms with Gasteiger partial charge >= 0.3 is 0 Å². The molecular formula is C12H20OS. The normalized spacial score (nSPS) is 12.7. The third-order valence-corrected chi connectivity index (χ3v) is 3.04. The molecular weight excluding hydrogens is 192 g/mol. The fourth-order valence-electron chi connectivity index (χ4n) is 1.48. The summed E-state index contributed by atoms with van der Waals surface area (Å²) in [5, 5.41) is 4.14. The molecule has 1 aromatic rings. The lowest BCUT2D eigenvalue weighted by atomic mass is 10.1. The Morgan fingerprint density at radius 3 is 2.79 bits per heavy atom. The Morgan fingerprint density at radius 2 is 2.21 bits per heavy atom. The van der Waals surface area contributed by atoms with Crippen LogP contribution < -0.4 is 4.74 Å². The van der Waals surface area contributed by atoms with Crippen LogP contribution in [0.25, 0.3) is 0 Å². The monoisotopic (exact) mass is 212 g/mol. The van der Waals surface area contributed by atoms with E-state index in [2.05, 4.69) is 24.6 Å². The van der Waals surface area contributed by atoms with E-state index in [9.17, 15) is 0 Å². The van der Waals surface area contributed by atoms with Gasteiger partial charge in [-0.1, -0.05) is 26.7 Å². The molecule has 0 aliphatic heterocycles. The molecule has 80 valence electrons. The molecule has 0 saturated heterocycles. The van der Waals surface area contributed by atoms with Gasteiger partial charge < -0.3 is 4.74 Å². The maximum absolute atomic E-state index is 5.86. The van der Waals surface area contributed by atoms with Crippen LogP contribution in [-0.2, 0) is 0 Å². The summed E-state index contributed by atoms with van der Waals surface area (Å²) in [6, 6.07) is 2.05. The summed E-state index contributed by atoms with van der Waals surface area (Å²) in [4.78, 5) is 0. The molecule has 0 bridgehead atoms. The molecule has 1 aromatic heterocycles. The minimum Gasteiger partial charge on any atom is -0.490 e. The summed E-state index contributed by atoms with van der Waals surface area (Å²) in [5.41, 5.74) is 0. The van der Waals surface area contributed by atoms with Gasteiger partial charge in [-0.25, -0.2) is 0 Å². The zero-order chi connectivity index (χ0) is 10.2. The van der Waals surface area contributed by atoms with Crippen LogP contribution in [-0.4, -0.2) is 6.10 Å². The van der Waals surface area contributed by atoms with Gasteiger partial charge in [-0.2, -0.15) is 0 Å². The van der Waals surface area contributed by atoms with Crippen molar-refractivity contribution in [2.75, 3.05) is 0 Å². The molecule has 1 rings (SSSR count). The summed E-state index contributed by atoms with van der Waals surface area (Å²) in [6.45, 7) is 4.43. The highest BCUT2D eigenvalue weighted by Crippen LogP contribution is 2.19. The maximum atomic E-state index is 5.86. The topological polar surface area (TPSA) is 9.23 Å². The van der Waals surface area contributed by atoms with Gasteiger partial charge in [-0.05, 0) is 30.7 Å². The highest BCUT2D eigenvalue weighted by molar-refractivity contribution is 7.08. The van der Waals surface area contributed by atoms with E-state index < -0.39 is 0 Å². The first-order valence-corrected chi connectivity index (χ1v) is 6.50. The SMILES string of the molecule is CCCCCC(CC)Oc1ccsc1. The molecule has 14 heavy (non-hydrogen) atoms. The second-order valence-corrected chi connectivity index (χ2v) is 4.38. The van der Waals surface area contributed by atoms with Crippen molar-refractivity contribution in [2.24, 2.45) is 0 Å². The predicted molar refractivity (Wildman–Crippen MR) is 63.2 cm³/mol. The summed E-state index contributed by atoms with van der Waals surface area (Å²) >= 11 is 1.70. The van der Waals surface area contributed by atoms with Gasteiger partial charge in [0.2, 0.25) is 0 Å². The molecule has 0 amide bonds. The van der Waals surface area contributed by atoms with Gasteiger partial charge in [0.25, 0.3) is 0 Å². The molecule has 2 heteroatoms. The Kier molecular flexibility index (Phi) is 5.69. The van der Waals surface area contributed by atoms with Crippen LogP contribution in [0, 0.1) is 0 Å². The maximum Gasteiger partial charge on any atom is 0.130 e. The summed E-state index contributed by atoms with van der Waals surface area (Å²) < 4.78 is 5.86. The van der Waals surface area contributed by atoms with Crippen molar-refractivity contribution in [3.05, 3.63) is 16.8 Å². The van der Waals surface area contributed by atoms with Gasteiger partial charge in [-0.15, -0.1) is 11.3 Å². The highest BCUT2D eigenvalue weighted by Gasteiger charge is 2.07. The second kappa shape index (κ2) is 6.88. The van der Waals surface area contributed by atoms with Gasteiger partial charge in [0.1, 0.15) is 5.75 Å². The van der Waals surface area contributed by atoms with Crippen molar-refractivity contribution in [2.45, 2.75) is 52.1 Å². The number of hydrogen-bond donors (Lipinski definition) is 0. The van der Waals surface area contributed by atoms with Crippen LogP contribution in [0.3, 0.4) is 0 Å². The zero-order valence-corrected chi connectivity index (χ0v) is 9.98. The highest BCUT2D eigenvalue weighted by atomic mass is 32.1.